The number of aromatic amines is 1. The Kier molecular flexibility index (Phi) is 5.66. The Morgan fingerprint density at radius 3 is 2.45 bits per heavy atom. The highest BCUT2D eigenvalue weighted by Gasteiger charge is 2.23. The molecule has 0 amide bonds. The number of nitrogens with one attached hydrogen (secondary N) is 3. The van der Waals surface area contributed by atoms with Gasteiger partial charge in [-0.2, -0.15) is 0 Å². The number of anilines is 3. The number of aromatic nitrogens is 4. The summed E-state index contributed by atoms with van der Waals surface area (Å²) in [6.45, 7) is 3.28. The molecule has 31 heavy (non-hydrogen) atoms. The van der Waals surface area contributed by atoms with Gasteiger partial charge in [0.25, 0.3) is 5.56 Å². The molecule has 1 saturated heterocycles. The molecule has 1 aliphatic heterocycles. The van der Waals surface area contributed by atoms with Gasteiger partial charge >= 0.3 is 0 Å². The highest BCUT2D eigenvalue weighted by Crippen LogP contribution is 2.31. The van der Waals surface area contributed by atoms with Crippen molar-refractivity contribution in [2.45, 2.75) is 37.8 Å². The van der Waals surface area contributed by atoms with Gasteiger partial charge in [0.1, 0.15) is 11.3 Å². The van der Waals surface area contributed by atoms with Crippen LogP contribution in [0.15, 0.2) is 41.7 Å². The Balaban J connectivity index is 1.28. The summed E-state index contributed by atoms with van der Waals surface area (Å²) in [5, 5.41) is 7.13. The van der Waals surface area contributed by atoms with E-state index in [-0.39, 0.29) is 5.56 Å². The van der Waals surface area contributed by atoms with E-state index in [4.69, 9.17) is 4.74 Å². The molecule has 9 nitrogen and oxygen atoms in total. The fourth-order valence-corrected chi connectivity index (χ4v) is 4.43. The summed E-state index contributed by atoms with van der Waals surface area (Å²) in [4.78, 5) is 29.7. The first-order valence-corrected chi connectivity index (χ1v) is 10.9. The van der Waals surface area contributed by atoms with Crippen molar-refractivity contribution >= 4 is 28.2 Å². The monoisotopic (exact) mass is 421 g/mol. The van der Waals surface area contributed by atoms with E-state index in [1.807, 2.05) is 0 Å². The van der Waals surface area contributed by atoms with Gasteiger partial charge in [-0.25, -0.2) is 4.98 Å². The average Bonchev–Trinajstić information content (AvgIpc) is 2.81. The Morgan fingerprint density at radius 1 is 0.935 bits per heavy atom. The SMILES string of the molecule is O=c1cc(NC2CCC(Nc3cc(N4CCOCC4)cc4nccnc34)CC2)nc[nH]1. The molecular formula is C22H27N7O2. The molecule has 0 unspecified atom stereocenters. The largest absolute Gasteiger partial charge is 0.380 e. The van der Waals surface area contributed by atoms with E-state index in [2.05, 4.69) is 47.6 Å². The summed E-state index contributed by atoms with van der Waals surface area (Å²) in [7, 11) is 0. The lowest BCUT2D eigenvalue weighted by Crippen LogP contribution is -2.36. The molecule has 0 atom stereocenters. The lowest BCUT2D eigenvalue weighted by molar-refractivity contribution is 0.122. The number of ether oxygens (including phenoxy) is 1. The van der Waals surface area contributed by atoms with Crippen LogP contribution in [0.25, 0.3) is 11.0 Å². The average molecular weight is 422 g/mol. The number of H-pyrrole nitrogens is 1. The van der Waals surface area contributed by atoms with E-state index in [0.29, 0.717) is 17.9 Å². The number of rotatable bonds is 5. The van der Waals surface area contributed by atoms with Gasteiger partial charge in [0.2, 0.25) is 0 Å². The van der Waals surface area contributed by atoms with E-state index >= 15 is 0 Å². The molecule has 3 heterocycles. The smallest absolute Gasteiger partial charge is 0.252 e. The summed E-state index contributed by atoms with van der Waals surface area (Å²) in [6.07, 6.45) is 9.02. The van der Waals surface area contributed by atoms with Crippen molar-refractivity contribution in [1.82, 2.24) is 19.9 Å². The maximum Gasteiger partial charge on any atom is 0.252 e. The number of hydrogen-bond acceptors (Lipinski definition) is 8. The topological polar surface area (TPSA) is 108 Å². The first-order valence-electron chi connectivity index (χ1n) is 10.9. The minimum atomic E-state index is -0.138. The lowest BCUT2D eigenvalue weighted by Gasteiger charge is -2.32. The van der Waals surface area contributed by atoms with Gasteiger partial charge in [-0.3, -0.25) is 14.8 Å². The molecule has 2 aliphatic rings. The van der Waals surface area contributed by atoms with Crippen molar-refractivity contribution in [1.29, 1.82) is 0 Å². The van der Waals surface area contributed by atoms with Gasteiger partial charge in [0.05, 0.1) is 30.7 Å². The summed E-state index contributed by atoms with van der Waals surface area (Å²) in [5.74, 6) is 0.639. The molecule has 162 valence electrons. The van der Waals surface area contributed by atoms with Gasteiger partial charge < -0.3 is 25.3 Å². The predicted molar refractivity (Wildman–Crippen MR) is 121 cm³/mol. The Bertz CT molecular complexity index is 1090. The maximum absolute atomic E-state index is 11.5. The third-order valence-corrected chi connectivity index (χ3v) is 6.05. The second-order valence-electron chi connectivity index (χ2n) is 8.15. The van der Waals surface area contributed by atoms with Crippen LogP contribution >= 0.6 is 0 Å². The molecule has 0 radical (unpaired) electrons. The molecule has 3 aromatic rings. The second kappa shape index (κ2) is 8.89. The van der Waals surface area contributed by atoms with Crippen molar-refractivity contribution in [3.63, 3.8) is 0 Å². The van der Waals surface area contributed by atoms with Crippen molar-refractivity contribution < 1.29 is 4.74 Å². The molecule has 1 aromatic carbocycles. The van der Waals surface area contributed by atoms with Gasteiger partial charge in [0.15, 0.2) is 0 Å². The third kappa shape index (κ3) is 4.61. The van der Waals surface area contributed by atoms with Crippen LogP contribution in [0.4, 0.5) is 17.2 Å². The molecule has 5 rings (SSSR count). The number of benzene rings is 1. The van der Waals surface area contributed by atoms with Crippen LogP contribution in [-0.4, -0.2) is 58.3 Å². The van der Waals surface area contributed by atoms with Crippen molar-refractivity contribution in [3.8, 4) is 0 Å². The van der Waals surface area contributed by atoms with Crippen LogP contribution in [-0.2, 0) is 4.74 Å². The van der Waals surface area contributed by atoms with Gasteiger partial charge in [-0.15, -0.1) is 0 Å². The van der Waals surface area contributed by atoms with Crippen LogP contribution in [0.5, 0.6) is 0 Å². The van der Waals surface area contributed by atoms with Crippen molar-refractivity contribution in [2.75, 3.05) is 41.8 Å². The molecule has 2 fully saturated rings. The summed E-state index contributed by atoms with van der Waals surface area (Å²) >= 11 is 0. The first kappa shape index (κ1) is 19.7. The Labute approximate surface area is 180 Å². The summed E-state index contributed by atoms with van der Waals surface area (Å²) in [6, 6.07) is 6.52. The van der Waals surface area contributed by atoms with Crippen LogP contribution in [0.3, 0.4) is 0 Å². The van der Waals surface area contributed by atoms with Crippen LogP contribution in [0.2, 0.25) is 0 Å². The van der Waals surface area contributed by atoms with E-state index in [0.717, 1.165) is 74.4 Å². The van der Waals surface area contributed by atoms with E-state index in [9.17, 15) is 4.79 Å². The number of nitrogens with zero attached hydrogens (tertiary/aromatic N) is 4. The number of hydrogen-bond donors (Lipinski definition) is 3. The zero-order valence-electron chi connectivity index (χ0n) is 17.4. The molecule has 0 bridgehead atoms. The minimum absolute atomic E-state index is 0.138. The lowest BCUT2D eigenvalue weighted by atomic mass is 9.91. The third-order valence-electron chi connectivity index (χ3n) is 6.05. The Hall–Kier alpha value is -3.20. The fourth-order valence-electron chi connectivity index (χ4n) is 4.43. The zero-order valence-corrected chi connectivity index (χ0v) is 17.4. The van der Waals surface area contributed by atoms with Gasteiger partial charge in [-0.1, -0.05) is 0 Å². The van der Waals surface area contributed by atoms with Crippen LogP contribution < -0.4 is 21.1 Å². The minimum Gasteiger partial charge on any atom is -0.380 e. The van der Waals surface area contributed by atoms with E-state index in [1.54, 1.807) is 12.4 Å². The normalized spacial score (nSPS) is 21.7. The van der Waals surface area contributed by atoms with E-state index < -0.39 is 0 Å². The molecule has 3 N–H and O–H groups in total. The number of fused-ring (bicyclic) bond motifs is 1. The molecular weight excluding hydrogens is 394 g/mol. The quantitative estimate of drug-likeness (QED) is 0.576. The highest BCUT2D eigenvalue weighted by atomic mass is 16.5. The summed E-state index contributed by atoms with van der Waals surface area (Å²) < 4.78 is 5.50. The fraction of sp³-hybridized carbons (Fsp3) is 0.455. The van der Waals surface area contributed by atoms with Crippen molar-refractivity contribution in [3.05, 3.63) is 47.3 Å². The summed E-state index contributed by atoms with van der Waals surface area (Å²) in [5.41, 5.74) is 3.88. The standard InChI is InChI=1S/C22H27N7O2/c30-21-13-20(25-14-26-21)28-16-3-1-15(2-4-16)27-19-12-17(29-7-9-31-10-8-29)11-18-22(19)24-6-5-23-18/h5-6,11-16,27H,1-4,7-10H2,(H2,25,26,28,30). The maximum atomic E-state index is 11.5. The zero-order chi connectivity index (χ0) is 21.0. The highest BCUT2D eigenvalue weighted by molar-refractivity contribution is 5.91. The van der Waals surface area contributed by atoms with Crippen LogP contribution in [0.1, 0.15) is 25.7 Å². The van der Waals surface area contributed by atoms with Crippen LogP contribution in [0, 0.1) is 0 Å². The molecule has 1 aliphatic carbocycles. The molecule has 9 heteroatoms. The van der Waals surface area contributed by atoms with E-state index in [1.165, 1.54) is 12.4 Å². The molecule has 2 aromatic heterocycles. The Morgan fingerprint density at radius 2 is 1.68 bits per heavy atom. The molecule has 1 saturated carbocycles. The predicted octanol–water partition coefficient (Wildman–Crippen LogP) is 2.38. The van der Waals surface area contributed by atoms with Gasteiger partial charge in [-0.05, 0) is 37.8 Å². The van der Waals surface area contributed by atoms with Crippen molar-refractivity contribution in [2.24, 2.45) is 0 Å². The van der Waals surface area contributed by atoms with Gasteiger partial charge in [0, 0.05) is 49.3 Å². The molecule has 0 spiro atoms. The second-order valence-corrected chi connectivity index (χ2v) is 8.15. The number of morpholine rings is 1. The first-order chi connectivity index (χ1) is 15.2.